The van der Waals surface area contributed by atoms with E-state index in [0.717, 1.165) is 25.2 Å². The lowest BCUT2D eigenvalue weighted by Gasteiger charge is -2.23. The summed E-state index contributed by atoms with van der Waals surface area (Å²) in [6.45, 7) is 6.97. The van der Waals surface area contributed by atoms with Gasteiger partial charge in [-0.2, -0.15) is 0 Å². The maximum atomic E-state index is 9.88. The van der Waals surface area contributed by atoms with Crippen molar-refractivity contribution in [2.24, 2.45) is 5.92 Å². The monoisotopic (exact) mass is 188 g/mol. The Morgan fingerprint density at radius 2 is 1.92 bits per heavy atom. The van der Waals surface area contributed by atoms with Crippen LogP contribution in [0.1, 0.15) is 46.5 Å². The Balaban J connectivity index is 3.50. The number of ether oxygens (including phenoxy) is 1. The van der Waals surface area contributed by atoms with E-state index in [0.29, 0.717) is 6.61 Å². The van der Waals surface area contributed by atoms with Crippen molar-refractivity contribution in [1.82, 2.24) is 0 Å². The Kier molecular flexibility index (Phi) is 6.35. The number of methoxy groups -OCH3 is 1. The molecule has 0 rings (SSSR count). The van der Waals surface area contributed by atoms with Crippen LogP contribution in [0, 0.1) is 5.92 Å². The molecule has 0 saturated heterocycles. The van der Waals surface area contributed by atoms with Crippen molar-refractivity contribution in [3.8, 4) is 0 Å². The van der Waals surface area contributed by atoms with Gasteiger partial charge >= 0.3 is 0 Å². The molecule has 0 unspecified atom stereocenters. The van der Waals surface area contributed by atoms with Crippen molar-refractivity contribution in [3.63, 3.8) is 0 Å². The smallest absolute Gasteiger partial charge is 0.0641 e. The average Bonchev–Trinajstić information content (AvgIpc) is 2.00. The first-order valence-electron chi connectivity index (χ1n) is 5.19. The van der Waals surface area contributed by atoms with Gasteiger partial charge in [-0.15, -0.1) is 0 Å². The molecule has 80 valence electrons. The van der Waals surface area contributed by atoms with Gasteiger partial charge in [-0.1, -0.05) is 26.7 Å². The van der Waals surface area contributed by atoms with E-state index >= 15 is 0 Å². The lowest BCUT2D eigenvalue weighted by atomic mass is 9.93. The van der Waals surface area contributed by atoms with Crippen molar-refractivity contribution >= 4 is 0 Å². The summed E-state index contributed by atoms with van der Waals surface area (Å²) in [6.07, 6.45) is 3.92. The van der Waals surface area contributed by atoms with Crippen LogP contribution in [0.5, 0.6) is 0 Å². The number of hydrogen-bond donors (Lipinski definition) is 1. The molecule has 0 aliphatic rings. The molecule has 0 aromatic carbocycles. The second-order valence-electron chi connectivity index (χ2n) is 4.53. The zero-order valence-electron chi connectivity index (χ0n) is 9.47. The fraction of sp³-hybridized carbons (Fsp3) is 1.00. The second kappa shape index (κ2) is 6.39. The molecule has 0 radical (unpaired) electrons. The number of aliphatic hydroxyl groups is 1. The van der Waals surface area contributed by atoms with Crippen LogP contribution in [0.25, 0.3) is 0 Å². The molecular formula is C11H24O2. The summed E-state index contributed by atoms with van der Waals surface area (Å²) in [5.74, 6) is 0.734. The molecule has 1 atom stereocenters. The predicted octanol–water partition coefficient (Wildman–Crippen LogP) is 2.60. The summed E-state index contributed by atoms with van der Waals surface area (Å²) in [6, 6.07) is 0. The predicted molar refractivity (Wildman–Crippen MR) is 55.8 cm³/mol. The maximum absolute atomic E-state index is 9.88. The lowest BCUT2D eigenvalue weighted by Crippen LogP contribution is -2.25. The Labute approximate surface area is 82.3 Å². The zero-order valence-corrected chi connectivity index (χ0v) is 9.47. The highest BCUT2D eigenvalue weighted by atomic mass is 16.5. The van der Waals surface area contributed by atoms with Crippen molar-refractivity contribution < 1.29 is 9.84 Å². The van der Waals surface area contributed by atoms with Gasteiger partial charge in [-0.3, -0.25) is 0 Å². The molecule has 0 aromatic heterocycles. The van der Waals surface area contributed by atoms with Crippen molar-refractivity contribution in [1.29, 1.82) is 0 Å². The quantitative estimate of drug-likeness (QED) is 0.665. The Morgan fingerprint density at radius 1 is 1.31 bits per heavy atom. The number of rotatable bonds is 7. The van der Waals surface area contributed by atoms with Gasteiger partial charge in [-0.05, 0) is 25.7 Å². The van der Waals surface area contributed by atoms with E-state index in [1.165, 1.54) is 6.42 Å². The number of hydrogen-bond acceptors (Lipinski definition) is 2. The lowest BCUT2D eigenvalue weighted by molar-refractivity contribution is 0.0148. The largest absolute Gasteiger partial charge is 0.390 e. The molecule has 0 amide bonds. The third-order valence-corrected chi connectivity index (χ3v) is 2.34. The fourth-order valence-corrected chi connectivity index (χ4v) is 1.34. The van der Waals surface area contributed by atoms with Gasteiger partial charge in [0.2, 0.25) is 0 Å². The molecule has 1 N–H and O–H groups in total. The summed E-state index contributed by atoms with van der Waals surface area (Å²) >= 11 is 0. The first-order chi connectivity index (χ1) is 5.98. The van der Waals surface area contributed by atoms with Gasteiger partial charge < -0.3 is 9.84 Å². The second-order valence-corrected chi connectivity index (χ2v) is 4.53. The summed E-state index contributed by atoms with van der Waals surface area (Å²) in [4.78, 5) is 0. The van der Waals surface area contributed by atoms with E-state index in [9.17, 15) is 5.11 Å². The maximum Gasteiger partial charge on any atom is 0.0641 e. The van der Waals surface area contributed by atoms with E-state index in [1.807, 2.05) is 6.92 Å². The molecule has 0 saturated carbocycles. The third-order valence-electron chi connectivity index (χ3n) is 2.34. The Bertz CT molecular complexity index is 119. The molecule has 0 spiro atoms. The van der Waals surface area contributed by atoms with Crippen LogP contribution in [-0.4, -0.2) is 24.4 Å². The molecular weight excluding hydrogens is 164 g/mol. The highest BCUT2D eigenvalue weighted by molar-refractivity contribution is 4.72. The van der Waals surface area contributed by atoms with Crippen molar-refractivity contribution in [2.75, 3.05) is 13.7 Å². The van der Waals surface area contributed by atoms with Crippen molar-refractivity contribution in [3.05, 3.63) is 0 Å². The van der Waals surface area contributed by atoms with Gasteiger partial charge in [0.05, 0.1) is 5.60 Å². The van der Waals surface area contributed by atoms with Crippen molar-refractivity contribution in [2.45, 2.75) is 52.1 Å². The van der Waals surface area contributed by atoms with E-state index < -0.39 is 5.60 Å². The molecule has 0 aliphatic heterocycles. The Hall–Kier alpha value is -0.0800. The first kappa shape index (κ1) is 12.9. The highest BCUT2D eigenvalue weighted by Crippen LogP contribution is 2.19. The van der Waals surface area contributed by atoms with Gasteiger partial charge in [0.1, 0.15) is 0 Å². The Morgan fingerprint density at radius 3 is 2.38 bits per heavy atom. The molecule has 2 heteroatoms. The minimum absolute atomic E-state index is 0.537. The van der Waals surface area contributed by atoms with Crippen LogP contribution in [0.15, 0.2) is 0 Å². The first-order valence-corrected chi connectivity index (χ1v) is 5.19. The minimum Gasteiger partial charge on any atom is -0.390 e. The van der Waals surface area contributed by atoms with Crippen LogP contribution in [-0.2, 0) is 4.74 Å². The van der Waals surface area contributed by atoms with Crippen LogP contribution < -0.4 is 0 Å². The molecule has 0 bridgehead atoms. The van der Waals surface area contributed by atoms with Gasteiger partial charge in [0.15, 0.2) is 0 Å². The fourth-order valence-electron chi connectivity index (χ4n) is 1.34. The summed E-state index contributed by atoms with van der Waals surface area (Å²) in [7, 11) is 1.67. The van der Waals surface area contributed by atoms with Crippen LogP contribution in [0.2, 0.25) is 0 Å². The zero-order chi connectivity index (χ0) is 10.3. The summed E-state index contributed by atoms with van der Waals surface area (Å²) in [5.41, 5.74) is -0.537. The summed E-state index contributed by atoms with van der Waals surface area (Å²) < 4.78 is 4.95. The molecule has 0 heterocycles. The van der Waals surface area contributed by atoms with Crippen LogP contribution >= 0.6 is 0 Å². The van der Waals surface area contributed by atoms with Crippen LogP contribution in [0.4, 0.5) is 0 Å². The average molecular weight is 188 g/mol. The van der Waals surface area contributed by atoms with E-state index in [2.05, 4.69) is 13.8 Å². The summed E-state index contributed by atoms with van der Waals surface area (Å²) in [5, 5.41) is 9.88. The minimum atomic E-state index is -0.537. The van der Waals surface area contributed by atoms with Gasteiger partial charge in [-0.25, -0.2) is 0 Å². The molecule has 13 heavy (non-hydrogen) atoms. The van der Waals surface area contributed by atoms with E-state index in [-0.39, 0.29) is 0 Å². The molecule has 0 aromatic rings. The highest BCUT2D eigenvalue weighted by Gasteiger charge is 2.19. The van der Waals surface area contributed by atoms with Gasteiger partial charge in [0.25, 0.3) is 0 Å². The van der Waals surface area contributed by atoms with E-state index in [1.54, 1.807) is 7.11 Å². The van der Waals surface area contributed by atoms with E-state index in [4.69, 9.17) is 4.74 Å². The molecule has 0 aliphatic carbocycles. The standard InChI is InChI=1S/C11H24O2/c1-10(2)6-5-7-11(3,12)8-9-13-4/h10,12H,5-9H2,1-4H3/t11-/m1/s1. The SMILES string of the molecule is COCC[C@](C)(O)CCCC(C)C. The van der Waals surface area contributed by atoms with Crippen LogP contribution in [0.3, 0.4) is 0 Å². The topological polar surface area (TPSA) is 29.5 Å². The molecule has 2 nitrogen and oxygen atoms in total. The van der Waals surface area contributed by atoms with Gasteiger partial charge in [0, 0.05) is 13.7 Å². The third kappa shape index (κ3) is 8.26. The normalized spacial score (nSPS) is 16.2. The molecule has 0 fully saturated rings.